The lowest BCUT2D eigenvalue weighted by molar-refractivity contribution is -0.659. The number of nitrogens with zero attached hydrogens (tertiary/aromatic N) is 3. The molecule has 0 bridgehead atoms. The number of fused-ring (bicyclic) bond motifs is 3. The zero-order valence-corrected chi connectivity index (χ0v) is 17.5. The molecule has 5 heteroatoms. The summed E-state index contributed by atoms with van der Waals surface area (Å²) in [6, 6.07) is 10.8. The van der Waals surface area contributed by atoms with Crippen molar-refractivity contribution in [2.75, 3.05) is 0 Å². The van der Waals surface area contributed by atoms with Crippen molar-refractivity contribution in [2.45, 2.75) is 27.7 Å². The average molecular weight is 389 g/mol. The lowest BCUT2D eigenvalue weighted by Crippen LogP contribution is -2.29. The van der Waals surface area contributed by atoms with Gasteiger partial charge < -0.3 is 4.42 Å². The summed E-state index contributed by atoms with van der Waals surface area (Å²) >= 11 is 1.71. The molecule has 0 atom stereocenters. The molecule has 0 aliphatic rings. The minimum absolute atomic E-state index is 0.717. The van der Waals surface area contributed by atoms with Gasteiger partial charge in [0.1, 0.15) is 18.1 Å². The number of hydrogen-bond donors (Lipinski definition) is 0. The fourth-order valence-corrected chi connectivity index (χ4v) is 5.37. The van der Waals surface area contributed by atoms with Crippen molar-refractivity contribution in [2.24, 2.45) is 7.05 Å². The average Bonchev–Trinajstić information content (AvgIpc) is 3.28. The molecule has 0 N–H and O–H groups in total. The number of para-hydroxylation sites is 1. The van der Waals surface area contributed by atoms with Gasteiger partial charge in [0.05, 0.1) is 17.3 Å². The number of benzene rings is 2. The molecular formula is C23H22N3OS+. The minimum Gasteiger partial charge on any atom is -0.439 e. The molecule has 0 aliphatic heterocycles. The second kappa shape index (κ2) is 6.04. The van der Waals surface area contributed by atoms with Crippen LogP contribution in [0.5, 0.6) is 0 Å². The lowest BCUT2D eigenvalue weighted by Gasteiger charge is -2.11. The highest BCUT2D eigenvalue weighted by Crippen LogP contribution is 2.41. The predicted molar refractivity (Wildman–Crippen MR) is 114 cm³/mol. The standard InChI is InChI=1S/C23H22N3OS/c1-13-9-10-17-20-22(24-16(4)27-20)28-21(17)18(13)23-25(5)11-12-26(23)19-14(2)7-6-8-15(19)3/h6-12H,1-5H3/q+1. The summed E-state index contributed by atoms with van der Waals surface area (Å²) in [6.07, 6.45) is 4.28. The van der Waals surface area contributed by atoms with Crippen molar-refractivity contribution < 1.29 is 8.98 Å². The molecule has 2 aromatic carbocycles. The van der Waals surface area contributed by atoms with Crippen molar-refractivity contribution in [1.82, 2.24) is 9.55 Å². The zero-order chi connectivity index (χ0) is 19.6. The molecule has 0 unspecified atom stereocenters. The molecule has 3 heterocycles. The van der Waals surface area contributed by atoms with E-state index in [1.807, 2.05) is 6.92 Å². The van der Waals surface area contributed by atoms with E-state index in [0.29, 0.717) is 0 Å². The van der Waals surface area contributed by atoms with Gasteiger partial charge in [-0.2, -0.15) is 4.57 Å². The van der Waals surface area contributed by atoms with Gasteiger partial charge in [0.25, 0.3) is 5.82 Å². The van der Waals surface area contributed by atoms with Crippen molar-refractivity contribution in [3.05, 3.63) is 65.3 Å². The van der Waals surface area contributed by atoms with E-state index < -0.39 is 0 Å². The van der Waals surface area contributed by atoms with Crippen LogP contribution < -0.4 is 4.57 Å². The fourth-order valence-electron chi connectivity index (χ4n) is 4.13. The molecule has 5 aromatic rings. The number of oxazole rings is 1. The lowest BCUT2D eigenvalue weighted by atomic mass is 10.0. The van der Waals surface area contributed by atoms with E-state index in [4.69, 9.17) is 4.42 Å². The van der Waals surface area contributed by atoms with Gasteiger partial charge in [-0.05, 0) is 43.5 Å². The second-order valence-corrected chi connectivity index (χ2v) is 8.45. The quantitative estimate of drug-likeness (QED) is 0.371. The highest BCUT2D eigenvalue weighted by atomic mass is 32.1. The van der Waals surface area contributed by atoms with Crippen LogP contribution >= 0.6 is 11.3 Å². The Hall–Kier alpha value is -2.92. The number of imidazole rings is 1. The van der Waals surface area contributed by atoms with Crippen molar-refractivity contribution in [3.8, 4) is 17.1 Å². The van der Waals surface area contributed by atoms with Crippen molar-refractivity contribution in [1.29, 1.82) is 0 Å². The molecule has 0 aliphatic carbocycles. The zero-order valence-electron chi connectivity index (χ0n) is 16.7. The van der Waals surface area contributed by atoms with E-state index in [1.165, 1.54) is 38.5 Å². The van der Waals surface area contributed by atoms with Gasteiger partial charge in [0, 0.05) is 12.3 Å². The number of aryl methyl sites for hydroxylation is 5. The SMILES string of the molecule is Cc1nc2sc3c(-c4n(-c5c(C)cccc5C)cc[n+]4C)c(C)ccc3c2o1. The molecule has 5 rings (SSSR count). The van der Waals surface area contributed by atoms with Gasteiger partial charge in [0.15, 0.2) is 16.3 Å². The molecule has 0 spiro atoms. The molecular weight excluding hydrogens is 366 g/mol. The van der Waals surface area contributed by atoms with Crippen LogP contribution in [0.3, 0.4) is 0 Å². The van der Waals surface area contributed by atoms with E-state index in [-0.39, 0.29) is 0 Å². The number of hydrogen-bond acceptors (Lipinski definition) is 3. The maximum Gasteiger partial charge on any atom is 0.295 e. The second-order valence-electron chi connectivity index (χ2n) is 7.45. The van der Waals surface area contributed by atoms with Crippen LogP contribution in [0.15, 0.2) is 47.1 Å². The van der Waals surface area contributed by atoms with Crippen LogP contribution in [-0.4, -0.2) is 9.55 Å². The monoisotopic (exact) mass is 388 g/mol. The largest absolute Gasteiger partial charge is 0.439 e. The van der Waals surface area contributed by atoms with E-state index in [0.717, 1.165) is 21.7 Å². The van der Waals surface area contributed by atoms with Gasteiger partial charge in [0.2, 0.25) is 0 Å². The Labute approximate surface area is 167 Å². The first-order valence-corrected chi connectivity index (χ1v) is 10.2. The van der Waals surface area contributed by atoms with Gasteiger partial charge in [-0.25, -0.2) is 9.55 Å². The van der Waals surface area contributed by atoms with Gasteiger partial charge >= 0.3 is 0 Å². The number of rotatable bonds is 2. The normalized spacial score (nSPS) is 11.8. The van der Waals surface area contributed by atoms with Crippen molar-refractivity contribution in [3.63, 3.8) is 0 Å². The third kappa shape index (κ3) is 2.36. The highest BCUT2D eigenvalue weighted by molar-refractivity contribution is 7.25. The van der Waals surface area contributed by atoms with Crippen LogP contribution in [0.25, 0.3) is 37.6 Å². The van der Waals surface area contributed by atoms with E-state index in [2.05, 4.69) is 84.7 Å². The summed E-state index contributed by atoms with van der Waals surface area (Å²) in [4.78, 5) is 5.54. The van der Waals surface area contributed by atoms with Crippen molar-refractivity contribution >= 4 is 31.8 Å². The molecule has 140 valence electrons. The topological polar surface area (TPSA) is 34.8 Å². The summed E-state index contributed by atoms with van der Waals surface area (Å²) in [6.45, 7) is 8.42. The van der Waals surface area contributed by atoms with Crippen LogP contribution in [-0.2, 0) is 7.05 Å². The summed E-state index contributed by atoms with van der Waals surface area (Å²) in [7, 11) is 2.11. The third-order valence-electron chi connectivity index (χ3n) is 5.42. The van der Waals surface area contributed by atoms with Gasteiger partial charge in [-0.3, -0.25) is 0 Å². The Balaban J connectivity index is 1.88. The number of aromatic nitrogens is 3. The molecule has 3 aromatic heterocycles. The maximum absolute atomic E-state index is 5.90. The molecule has 0 saturated heterocycles. The fraction of sp³-hybridized carbons (Fsp3) is 0.217. The Bertz CT molecular complexity index is 1350. The molecule has 4 nitrogen and oxygen atoms in total. The molecule has 0 amide bonds. The van der Waals surface area contributed by atoms with Crippen LogP contribution in [0.1, 0.15) is 22.6 Å². The molecule has 0 radical (unpaired) electrons. The maximum atomic E-state index is 5.90. The number of thiophene rings is 1. The van der Waals surface area contributed by atoms with Crippen LogP contribution in [0.2, 0.25) is 0 Å². The van der Waals surface area contributed by atoms with E-state index in [9.17, 15) is 0 Å². The van der Waals surface area contributed by atoms with E-state index in [1.54, 1.807) is 11.3 Å². The first-order valence-electron chi connectivity index (χ1n) is 9.39. The highest BCUT2D eigenvalue weighted by Gasteiger charge is 2.27. The summed E-state index contributed by atoms with van der Waals surface area (Å²) in [5, 5.41) is 1.13. The van der Waals surface area contributed by atoms with Crippen LogP contribution in [0.4, 0.5) is 0 Å². The first kappa shape index (κ1) is 17.2. The Morgan fingerprint density at radius 1 is 1.00 bits per heavy atom. The Morgan fingerprint density at radius 3 is 2.50 bits per heavy atom. The minimum atomic E-state index is 0.717. The van der Waals surface area contributed by atoms with Crippen LogP contribution in [0, 0.1) is 27.7 Å². The smallest absolute Gasteiger partial charge is 0.295 e. The molecule has 0 saturated carbocycles. The Morgan fingerprint density at radius 2 is 1.75 bits per heavy atom. The summed E-state index contributed by atoms with van der Waals surface area (Å²) < 4.78 is 11.6. The summed E-state index contributed by atoms with van der Waals surface area (Å²) in [5.41, 5.74) is 7.15. The molecule has 0 fully saturated rings. The van der Waals surface area contributed by atoms with E-state index >= 15 is 0 Å². The summed E-state index contributed by atoms with van der Waals surface area (Å²) in [5.74, 6) is 1.89. The van der Waals surface area contributed by atoms with Gasteiger partial charge in [-0.1, -0.05) is 24.3 Å². The predicted octanol–water partition coefficient (Wildman–Crippen LogP) is 5.56. The molecule has 28 heavy (non-hydrogen) atoms. The van der Waals surface area contributed by atoms with Gasteiger partial charge in [-0.15, -0.1) is 11.3 Å². The third-order valence-corrected chi connectivity index (χ3v) is 6.52. The first-order chi connectivity index (χ1) is 13.5. The Kier molecular flexibility index (Phi) is 3.71.